The molecule has 0 fully saturated rings. The van der Waals surface area contributed by atoms with Crippen LogP contribution in [-0.4, -0.2) is 7.05 Å². The summed E-state index contributed by atoms with van der Waals surface area (Å²) < 4.78 is 0. The van der Waals surface area contributed by atoms with Crippen LogP contribution in [0.15, 0.2) is 36.4 Å². The van der Waals surface area contributed by atoms with Gasteiger partial charge in [0, 0.05) is 6.04 Å². The molecule has 0 aromatic heterocycles. The minimum Gasteiger partial charge on any atom is -0.313 e. The maximum absolute atomic E-state index is 3.30. The summed E-state index contributed by atoms with van der Waals surface area (Å²) in [6.07, 6.45) is 0. The molecule has 2 rings (SSSR count). The van der Waals surface area contributed by atoms with Gasteiger partial charge in [-0.25, -0.2) is 0 Å². The summed E-state index contributed by atoms with van der Waals surface area (Å²) in [6, 6.07) is 13.8. The standard InChI is InChI=1S/C18H23N/c1-12-9-14(3)18(10-13(12)2)17-8-6-7-16(11-17)15(4)19-5/h6-11,15,19H,1-5H3. The lowest BCUT2D eigenvalue weighted by atomic mass is 9.93. The van der Waals surface area contributed by atoms with E-state index in [2.05, 4.69) is 69.4 Å². The summed E-state index contributed by atoms with van der Waals surface area (Å²) in [5.41, 5.74) is 8.04. The van der Waals surface area contributed by atoms with Gasteiger partial charge in [-0.05, 0) is 74.2 Å². The monoisotopic (exact) mass is 253 g/mol. The maximum atomic E-state index is 3.30. The highest BCUT2D eigenvalue weighted by atomic mass is 14.8. The molecule has 1 N–H and O–H groups in total. The lowest BCUT2D eigenvalue weighted by Gasteiger charge is -2.14. The van der Waals surface area contributed by atoms with Gasteiger partial charge in [-0.3, -0.25) is 0 Å². The number of nitrogens with one attached hydrogen (secondary N) is 1. The molecule has 0 radical (unpaired) electrons. The largest absolute Gasteiger partial charge is 0.313 e. The third kappa shape index (κ3) is 2.87. The second kappa shape index (κ2) is 5.58. The second-order valence-corrected chi connectivity index (χ2v) is 5.39. The van der Waals surface area contributed by atoms with E-state index < -0.39 is 0 Å². The molecular weight excluding hydrogens is 230 g/mol. The average Bonchev–Trinajstić information content (AvgIpc) is 2.42. The first-order valence-electron chi connectivity index (χ1n) is 6.88. The van der Waals surface area contributed by atoms with Crippen molar-refractivity contribution in [3.63, 3.8) is 0 Å². The highest BCUT2D eigenvalue weighted by Crippen LogP contribution is 2.28. The fourth-order valence-corrected chi connectivity index (χ4v) is 2.41. The maximum Gasteiger partial charge on any atom is 0.0289 e. The summed E-state index contributed by atoms with van der Waals surface area (Å²) in [5, 5.41) is 3.30. The van der Waals surface area contributed by atoms with Gasteiger partial charge in [-0.1, -0.05) is 30.3 Å². The fraction of sp³-hybridized carbons (Fsp3) is 0.333. The van der Waals surface area contributed by atoms with Crippen LogP contribution in [0.1, 0.15) is 35.2 Å². The zero-order valence-electron chi connectivity index (χ0n) is 12.5. The van der Waals surface area contributed by atoms with Crippen LogP contribution in [0.25, 0.3) is 11.1 Å². The molecule has 0 spiro atoms. The van der Waals surface area contributed by atoms with E-state index in [9.17, 15) is 0 Å². The SMILES string of the molecule is CNC(C)c1cccc(-c2cc(C)c(C)cc2C)c1. The van der Waals surface area contributed by atoms with Crippen LogP contribution in [0, 0.1) is 20.8 Å². The van der Waals surface area contributed by atoms with Gasteiger partial charge < -0.3 is 5.32 Å². The molecule has 0 aliphatic rings. The Morgan fingerprint density at radius 1 is 0.895 bits per heavy atom. The Morgan fingerprint density at radius 3 is 2.26 bits per heavy atom. The lowest BCUT2D eigenvalue weighted by molar-refractivity contribution is 0.652. The Morgan fingerprint density at radius 2 is 1.58 bits per heavy atom. The van der Waals surface area contributed by atoms with Crippen molar-refractivity contribution in [3.05, 3.63) is 58.7 Å². The van der Waals surface area contributed by atoms with Crippen molar-refractivity contribution < 1.29 is 0 Å². The van der Waals surface area contributed by atoms with Crippen LogP contribution in [0.4, 0.5) is 0 Å². The molecule has 2 aromatic carbocycles. The number of rotatable bonds is 3. The Hall–Kier alpha value is -1.60. The zero-order valence-corrected chi connectivity index (χ0v) is 12.5. The van der Waals surface area contributed by atoms with Crippen molar-refractivity contribution in [2.45, 2.75) is 33.7 Å². The van der Waals surface area contributed by atoms with E-state index in [4.69, 9.17) is 0 Å². The van der Waals surface area contributed by atoms with Crippen LogP contribution in [0.2, 0.25) is 0 Å². The van der Waals surface area contributed by atoms with Gasteiger partial charge in [0.2, 0.25) is 0 Å². The quantitative estimate of drug-likeness (QED) is 0.845. The van der Waals surface area contributed by atoms with Gasteiger partial charge in [-0.15, -0.1) is 0 Å². The topological polar surface area (TPSA) is 12.0 Å². The molecule has 1 unspecified atom stereocenters. The van der Waals surface area contributed by atoms with Gasteiger partial charge >= 0.3 is 0 Å². The number of aryl methyl sites for hydroxylation is 3. The molecule has 0 saturated carbocycles. The molecule has 0 heterocycles. The van der Waals surface area contributed by atoms with Crippen molar-refractivity contribution in [3.8, 4) is 11.1 Å². The van der Waals surface area contributed by atoms with Crippen LogP contribution in [-0.2, 0) is 0 Å². The van der Waals surface area contributed by atoms with E-state index in [0.29, 0.717) is 6.04 Å². The van der Waals surface area contributed by atoms with Gasteiger partial charge in [0.05, 0.1) is 0 Å². The Kier molecular flexibility index (Phi) is 4.06. The summed E-state index contributed by atoms with van der Waals surface area (Å²) in [4.78, 5) is 0. The van der Waals surface area contributed by atoms with Crippen molar-refractivity contribution in [1.82, 2.24) is 5.32 Å². The number of hydrogen-bond donors (Lipinski definition) is 1. The van der Waals surface area contributed by atoms with E-state index in [1.807, 2.05) is 7.05 Å². The highest BCUT2D eigenvalue weighted by molar-refractivity contribution is 5.69. The van der Waals surface area contributed by atoms with Crippen molar-refractivity contribution in [2.24, 2.45) is 0 Å². The summed E-state index contributed by atoms with van der Waals surface area (Å²) in [5.74, 6) is 0. The van der Waals surface area contributed by atoms with Crippen molar-refractivity contribution in [1.29, 1.82) is 0 Å². The van der Waals surface area contributed by atoms with E-state index in [-0.39, 0.29) is 0 Å². The van der Waals surface area contributed by atoms with Crippen LogP contribution >= 0.6 is 0 Å². The van der Waals surface area contributed by atoms with Gasteiger partial charge in [0.25, 0.3) is 0 Å². The molecule has 1 heteroatoms. The average molecular weight is 253 g/mol. The van der Waals surface area contributed by atoms with Gasteiger partial charge in [0.15, 0.2) is 0 Å². The van der Waals surface area contributed by atoms with Crippen molar-refractivity contribution >= 4 is 0 Å². The molecule has 1 nitrogen and oxygen atoms in total. The second-order valence-electron chi connectivity index (χ2n) is 5.39. The summed E-state index contributed by atoms with van der Waals surface area (Å²) >= 11 is 0. The van der Waals surface area contributed by atoms with Crippen LogP contribution in [0.5, 0.6) is 0 Å². The molecular formula is C18H23N. The van der Waals surface area contributed by atoms with Gasteiger partial charge in [0.1, 0.15) is 0 Å². The highest BCUT2D eigenvalue weighted by Gasteiger charge is 2.07. The third-order valence-electron chi connectivity index (χ3n) is 3.97. The minimum atomic E-state index is 0.381. The Balaban J connectivity index is 2.50. The minimum absolute atomic E-state index is 0.381. The van der Waals surface area contributed by atoms with Crippen molar-refractivity contribution in [2.75, 3.05) is 7.05 Å². The zero-order chi connectivity index (χ0) is 14.0. The molecule has 0 saturated heterocycles. The van der Waals surface area contributed by atoms with Crippen LogP contribution in [0.3, 0.4) is 0 Å². The van der Waals surface area contributed by atoms with Crippen LogP contribution < -0.4 is 5.32 Å². The molecule has 0 bridgehead atoms. The van der Waals surface area contributed by atoms with E-state index in [1.54, 1.807) is 0 Å². The first-order valence-corrected chi connectivity index (χ1v) is 6.88. The molecule has 19 heavy (non-hydrogen) atoms. The number of hydrogen-bond acceptors (Lipinski definition) is 1. The molecule has 0 amide bonds. The first-order chi connectivity index (χ1) is 9.02. The number of benzene rings is 2. The van der Waals surface area contributed by atoms with Gasteiger partial charge in [-0.2, -0.15) is 0 Å². The molecule has 100 valence electrons. The van der Waals surface area contributed by atoms with E-state index in [1.165, 1.54) is 33.4 Å². The third-order valence-corrected chi connectivity index (χ3v) is 3.97. The predicted octanol–water partition coefficient (Wildman–Crippen LogP) is 4.56. The normalized spacial score (nSPS) is 12.5. The predicted molar refractivity (Wildman–Crippen MR) is 83.6 cm³/mol. The van der Waals surface area contributed by atoms with E-state index >= 15 is 0 Å². The smallest absolute Gasteiger partial charge is 0.0289 e. The van der Waals surface area contributed by atoms with E-state index in [0.717, 1.165) is 0 Å². The fourth-order valence-electron chi connectivity index (χ4n) is 2.41. The molecule has 2 aromatic rings. The Bertz CT molecular complexity index is 584. The molecule has 0 aliphatic heterocycles. The Labute approximate surface area is 116 Å². The first kappa shape index (κ1) is 13.8. The lowest BCUT2D eigenvalue weighted by Crippen LogP contribution is -2.12. The molecule has 1 atom stereocenters. The molecule has 0 aliphatic carbocycles. The summed E-state index contributed by atoms with van der Waals surface area (Å²) in [7, 11) is 2.00. The summed E-state index contributed by atoms with van der Waals surface area (Å²) in [6.45, 7) is 8.73.